The van der Waals surface area contributed by atoms with Crippen molar-refractivity contribution in [3.05, 3.63) is 0 Å². The van der Waals surface area contributed by atoms with Crippen LogP contribution in [0.4, 0.5) is 0 Å². The van der Waals surface area contributed by atoms with Crippen LogP contribution in [0, 0.1) is 0 Å². The average Bonchev–Trinajstić information content (AvgIpc) is 2.35. The zero-order valence-corrected chi connectivity index (χ0v) is 14.0. The molecule has 0 rings (SSSR count). The van der Waals surface area contributed by atoms with E-state index in [0.29, 0.717) is 15.2 Å². The van der Waals surface area contributed by atoms with E-state index in [2.05, 4.69) is 13.8 Å². The van der Waals surface area contributed by atoms with Gasteiger partial charge in [-0.3, -0.25) is 0 Å². The molecule has 0 aliphatic carbocycles. The van der Waals surface area contributed by atoms with Crippen LogP contribution in [-0.2, 0) is 0 Å². The van der Waals surface area contributed by atoms with E-state index in [1.165, 1.54) is 64.2 Å². The van der Waals surface area contributed by atoms with Gasteiger partial charge in [0, 0.05) is 0 Å². The standard InChI is InChI=1S/2C8H17.Al.H/c2*1-3-5-7-8-6-4-2;;/h2*1,3-8H2,2H3;;. The van der Waals surface area contributed by atoms with Gasteiger partial charge in [-0.25, -0.2) is 0 Å². The lowest BCUT2D eigenvalue weighted by molar-refractivity contribution is 0.618. The molecule has 0 spiro atoms. The molecule has 0 saturated carbocycles. The summed E-state index contributed by atoms with van der Waals surface area (Å²) in [4.78, 5) is 0. The Hall–Kier alpha value is 0.532. The largest absolute Gasteiger partial charge is 0.236 e. The van der Waals surface area contributed by atoms with Crippen LogP contribution in [0.15, 0.2) is 0 Å². The minimum Gasteiger partial charge on any atom is -0.0972 e. The van der Waals surface area contributed by atoms with Crippen molar-refractivity contribution in [1.29, 1.82) is 0 Å². The van der Waals surface area contributed by atoms with E-state index >= 15 is 0 Å². The monoisotopic (exact) mass is 254 g/mol. The van der Waals surface area contributed by atoms with Gasteiger partial charge in [-0.05, 0) is 0 Å². The maximum Gasteiger partial charge on any atom is 0.236 e. The van der Waals surface area contributed by atoms with Gasteiger partial charge in [0.25, 0.3) is 0 Å². The van der Waals surface area contributed by atoms with Crippen molar-refractivity contribution in [2.24, 2.45) is 0 Å². The van der Waals surface area contributed by atoms with Crippen molar-refractivity contribution in [3.8, 4) is 0 Å². The van der Waals surface area contributed by atoms with Gasteiger partial charge in [-0.2, -0.15) is 0 Å². The highest BCUT2D eigenvalue weighted by atomic mass is 27.1. The Morgan fingerprint density at radius 3 is 1.24 bits per heavy atom. The summed E-state index contributed by atoms with van der Waals surface area (Å²) in [6.45, 7) is 4.60. The van der Waals surface area contributed by atoms with E-state index in [9.17, 15) is 0 Å². The molecule has 0 nitrogen and oxygen atoms in total. The predicted octanol–water partition coefficient (Wildman–Crippen LogP) is 5.98. The highest BCUT2D eigenvalue weighted by Gasteiger charge is 1.95. The summed E-state index contributed by atoms with van der Waals surface area (Å²) in [7, 11) is 0. The first kappa shape index (κ1) is 17.5. The van der Waals surface area contributed by atoms with Crippen molar-refractivity contribution in [2.45, 2.75) is 101 Å². The predicted molar refractivity (Wildman–Crippen MR) is 83.5 cm³/mol. The molecule has 0 unspecified atom stereocenters. The molecule has 0 heterocycles. The molecular formula is C16H35Al. The lowest BCUT2D eigenvalue weighted by Gasteiger charge is -2.01. The summed E-state index contributed by atoms with van der Waals surface area (Å²) in [5.41, 5.74) is 0. The molecular weight excluding hydrogens is 219 g/mol. The molecule has 0 aromatic rings. The normalized spacial score (nSPS) is 10.7. The summed E-state index contributed by atoms with van der Waals surface area (Å²) in [6.07, 6.45) is 17.8. The Balaban J connectivity index is 2.85. The first-order valence-corrected chi connectivity index (χ1v) is 10.4. The molecule has 0 atom stereocenters. The summed E-state index contributed by atoms with van der Waals surface area (Å²) in [5.74, 6) is 0. The van der Waals surface area contributed by atoms with Gasteiger partial charge in [0.2, 0.25) is 15.2 Å². The van der Waals surface area contributed by atoms with Gasteiger partial charge < -0.3 is 0 Å². The molecule has 102 valence electrons. The molecule has 1 heteroatoms. The topological polar surface area (TPSA) is 0 Å². The van der Waals surface area contributed by atoms with Gasteiger partial charge >= 0.3 is 0 Å². The Morgan fingerprint density at radius 1 is 0.471 bits per heavy atom. The lowest BCUT2D eigenvalue weighted by atomic mass is 10.1. The quantitative estimate of drug-likeness (QED) is 0.264. The highest BCUT2D eigenvalue weighted by Crippen LogP contribution is 2.10. The number of unbranched alkanes of at least 4 members (excludes halogenated alkanes) is 10. The van der Waals surface area contributed by atoms with Crippen molar-refractivity contribution in [3.63, 3.8) is 0 Å². The maximum absolute atomic E-state index is 2.30. The molecule has 0 aliphatic heterocycles. The molecule has 0 fully saturated rings. The zero-order valence-electron chi connectivity index (χ0n) is 12.6. The van der Waals surface area contributed by atoms with Crippen molar-refractivity contribution in [1.82, 2.24) is 0 Å². The first-order chi connectivity index (χ1) is 8.41. The molecule has 0 radical (unpaired) electrons. The molecule has 0 bridgehead atoms. The molecule has 0 saturated heterocycles. The molecule has 0 amide bonds. The van der Waals surface area contributed by atoms with Crippen molar-refractivity contribution < 1.29 is 0 Å². The van der Waals surface area contributed by atoms with Crippen LogP contribution in [0.2, 0.25) is 10.6 Å². The van der Waals surface area contributed by atoms with Crippen LogP contribution in [-0.4, -0.2) is 15.2 Å². The average molecular weight is 254 g/mol. The molecule has 0 aromatic carbocycles. The van der Waals surface area contributed by atoms with Gasteiger partial charge in [-0.15, -0.1) is 0 Å². The van der Waals surface area contributed by atoms with E-state index in [0.717, 1.165) is 0 Å². The van der Waals surface area contributed by atoms with E-state index in [4.69, 9.17) is 0 Å². The molecule has 17 heavy (non-hydrogen) atoms. The molecule has 0 N–H and O–H groups in total. The van der Waals surface area contributed by atoms with Gasteiger partial charge in [0.15, 0.2) is 0 Å². The molecule has 0 aliphatic rings. The fourth-order valence-electron chi connectivity index (χ4n) is 2.44. The van der Waals surface area contributed by atoms with E-state index in [-0.39, 0.29) is 0 Å². The van der Waals surface area contributed by atoms with E-state index in [1.807, 2.05) is 0 Å². The second kappa shape index (κ2) is 16.5. The highest BCUT2D eigenvalue weighted by molar-refractivity contribution is 6.35. The molecule has 0 aromatic heterocycles. The Bertz CT molecular complexity index is 109. The van der Waals surface area contributed by atoms with Crippen LogP contribution >= 0.6 is 0 Å². The third kappa shape index (κ3) is 16.5. The van der Waals surface area contributed by atoms with Crippen LogP contribution < -0.4 is 0 Å². The van der Waals surface area contributed by atoms with Crippen molar-refractivity contribution >= 4 is 15.2 Å². The Labute approximate surface area is 117 Å². The third-order valence-corrected chi connectivity index (χ3v) is 5.71. The zero-order chi connectivity index (χ0) is 12.6. The number of hydrogen-bond acceptors (Lipinski definition) is 0. The fraction of sp³-hybridized carbons (Fsp3) is 1.00. The number of hydrogen-bond donors (Lipinski definition) is 0. The van der Waals surface area contributed by atoms with E-state index in [1.54, 1.807) is 23.4 Å². The SMILES string of the molecule is CCCCCCC[CH2][AlH][CH2]CCCCCCC. The van der Waals surface area contributed by atoms with Crippen LogP contribution in [0.1, 0.15) is 90.9 Å². The van der Waals surface area contributed by atoms with Gasteiger partial charge in [-0.1, -0.05) is 101 Å². The minimum atomic E-state index is 0.332. The van der Waals surface area contributed by atoms with Crippen LogP contribution in [0.5, 0.6) is 0 Å². The first-order valence-electron chi connectivity index (χ1n) is 8.41. The summed E-state index contributed by atoms with van der Waals surface area (Å²) >= 11 is 0.332. The van der Waals surface area contributed by atoms with Crippen molar-refractivity contribution in [2.75, 3.05) is 0 Å². The second-order valence-electron chi connectivity index (χ2n) is 5.60. The van der Waals surface area contributed by atoms with Gasteiger partial charge in [0.1, 0.15) is 0 Å². The van der Waals surface area contributed by atoms with Crippen LogP contribution in [0.25, 0.3) is 0 Å². The van der Waals surface area contributed by atoms with E-state index < -0.39 is 0 Å². The maximum atomic E-state index is 2.30. The Kier molecular flexibility index (Phi) is 17.1. The summed E-state index contributed by atoms with van der Waals surface area (Å²) in [6, 6.07) is 0. The number of rotatable bonds is 14. The Morgan fingerprint density at radius 2 is 0.824 bits per heavy atom. The second-order valence-corrected chi connectivity index (χ2v) is 7.72. The summed E-state index contributed by atoms with van der Waals surface area (Å²) in [5, 5.41) is 3.25. The third-order valence-electron chi connectivity index (χ3n) is 3.71. The minimum absolute atomic E-state index is 0.332. The summed E-state index contributed by atoms with van der Waals surface area (Å²) < 4.78 is 0. The lowest BCUT2D eigenvalue weighted by Crippen LogP contribution is -1.90. The van der Waals surface area contributed by atoms with Crippen LogP contribution in [0.3, 0.4) is 0 Å². The smallest absolute Gasteiger partial charge is 0.0972 e. The van der Waals surface area contributed by atoms with Gasteiger partial charge in [0.05, 0.1) is 0 Å². The fourth-order valence-corrected chi connectivity index (χ4v) is 4.21.